The van der Waals surface area contributed by atoms with Gasteiger partial charge in [-0.1, -0.05) is 0 Å². The first-order chi connectivity index (χ1) is 8.53. The Balaban J connectivity index is 4.28. The maximum absolute atomic E-state index is 11.5. The molecule has 0 aromatic heterocycles. The second-order valence-corrected chi connectivity index (χ2v) is 7.10. The molecule has 0 unspecified atom stereocenters. The number of rotatable bonds is 7. The summed E-state index contributed by atoms with van der Waals surface area (Å²) in [5.74, 6) is -1.97. The van der Waals surface area contributed by atoms with Gasteiger partial charge in [-0.15, -0.1) is 0 Å². The van der Waals surface area contributed by atoms with Crippen LogP contribution in [0.5, 0.6) is 0 Å². The number of esters is 2. The summed E-state index contributed by atoms with van der Waals surface area (Å²) in [6.45, 7) is 6.30. The van der Waals surface area contributed by atoms with Crippen molar-refractivity contribution in [3.05, 3.63) is 0 Å². The maximum atomic E-state index is 11.5. The first kappa shape index (κ1) is 17.8. The van der Waals surface area contributed by atoms with Crippen LogP contribution >= 0.6 is 7.37 Å². The lowest BCUT2D eigenvalue weighted by Gasteiger charge is -2.17. The predicted octanol–water partition coefficient (Wildman–Crippen LogP) is 0.993. The molecule has 0 radical (unpaired) electrons. The molecule has 0 amide bonds. The second-order valence-electron chi connectivity index (χ2n) is 4.39. The number of Topliss-reactive ketones (excluding diaryl/α,β-unsaturated/α-hetero) is 1. The van der Waals surface area contributed by atoms with Crippen LogP contribution in [0.3, 0.4) is 0 Å². The number of ether oxygens (including phenoxy) is 2. The zero-order valence-electron chi connectivity index (χ0n) is 11.7. The van der Waals surface area contributed by atoms with E-state index < -0.39 is 31.5 Å². The van der Waals surface area contributed by atoms with Crippen LogP contribution in [0.2, 0.25) is 0 Å². The van der Waals surface area contributed by atoms with E-state index in [1.54, 1.807) is 0 Å². The lowest BCUT2D eigenvalue weighted by molar-refractivity contribution is -0.170. The van der Waals surface area contributed by atoms with Crippen LogP contribution in [0, 0.1) is 0 Å². The van der Waals surface area contributed by atoms with Crippen molar-refractivity contribution in [1.29, 1.82) is 0 Å². The summed E-state index contributed by atoms with van der Waals surface area (Å²) in [4.78, 5) is 33.5. The summed E-state index contributed by atoms with van der Waals surface area (Å²) in [6.07, 6.45) is -2.21. The Hall–Kier alpha value is -1.20. The summed E-state index contributed by atoms with van der Waals surface area (Å²) < 4.78 is 25.7. The molecule has 0 aromatic rings. The first-order valence-corrected chi connectivity index (χ1v) is 8.15. The predicted molar refractivity (Wildman–Crippen MR) is 67.2 cm³/mol. The molecule has 0 aliphatic rings. The molecule has 0 spiro atoms. The van der Waals surface area contributed by atoms with Crippen LogP contribution in [0.1, 0.15) is 20.8 Å². The Bertz CT molecular complexity index is 398. The van der Waals surface area contributed by atoms with Gasteiger partial charge >= 0.3 is 11.9 Å². The molecule has 0 aliphatic heterocycles. The van der Waals surface area contributed by atoms with Crippen LogP contribution in [0.15, 0.2) is 0 Å². The lowest BCUT2D eigenvalue weighted by atomic mass is 10.4. The van der Waals surface area contributed by atoms with Crippen LogP contribution in [-0.4, -0.2) is 49.9 Å². The molecule has 8 heteroatoms. The van der Waals surface area contributed by atoms with Crippen LogP contribution in [0.4, 0.5) is 0 Å². The molecule has 0 aliphatic carbocycles. The molecule has 0 aromatic carbocycles. The molecule has 0 saturated heterocycles. The molecular formula is C11H19O7P. The van der Waals surface area contributed by atoms with E-state index in [1.165, 1.54) is 34.1 Å². The fourth-order valence-corrected chi connectivity index (χ4v) is 1.88. The van der Waals surface area contributed by atoms with Gasteiger partial charge in [-0.3, -0.25) is 9.36 Å². The van der Waals surface area contributed by atoms with Crippen molar-refractivity contribution in [2.75, 3.05) is 19.9 Å². The standard InChI is InChI=1S/C11H19O7P/c1-7(12)6-16-10(13)8(2)17-11(14)9(3)18-19(4,5)15/h8-9H,6H2,1-5H3/t8-,9+/m1/s1. The van der Waals surface area contributed by atoms with Crippen molar-refractivity contribution in [1.82, 2.24) is 0 Å². The number of carbonyl (C=O) groups excluding carboxylic acids is 3. The Morgan fingerprint density at radius 2 is 1.58 bits per heavy atom. The average Bonchev–Trinajstić information content (AvgIpc) is 2.23. The minimum absolute atomic E-state index is 0.318. The van der Waals surface area contributed by atoms with Crippen molar-refractivity contribution >= 4 is 25.1 Å². The lowest BCUT2D eigenvalue weighted by Crippen LogP contribution is -2.32. The fraction of sp³-hybridized carbons (Fsp3) is 0.727. The molecule has 0 bridgehead atoms. The van der Waals surface area contributed by atoms with Gasteiger partial charge in [-0.2, -0.15) is 0 Å². The van der Waals surface area contributed by atoms with Crippen molar-refractivity contribution in [2.24, 2.45) is 0 Å². The van der Waals surface area contributed by atoms with Crippen LogP contribution < -0.4 is 0 Å². The number of hydrogen-bond acceptors (Lipinski definition) is 7. The van der Waals surface area contributed by atoms with Crippen molar-refractivity contribution < 1.29 is 32.9 Å². The van der Waals surface area contributed by atoms with E-state index in [0.717, 1.165) is 0 Å². The van der Waals surface area contributed by atoms with Crippen LogP contribution in [-0.2, 0) is 32.9 Å². The van der Waals surface area contributed by atoms with E-state index in [0.29, 0.717) is 0 Å². The SMILES string of the molecule is CC(=O)COC(=O)[C@@H](C)OC(=O)[C@H](C)OP(C)(C)=O. The molecule has 110 valence electrons. The van der Waals surface area contributed by atoms with Crippen molar-refractivity contribution in [2.45, 2.75) is 33.0 Å². The monoisotopic (exact) mass is 294 g/mol. The van der Waals surface area contributed by atoms with Crippen LogP contribution in [0.25, 0.3) is 0 Å². The van der Waals surface area contributed by atoms with Gasteiger partial charge in [0.05, 0.1) is 0 Å². The third-order valence-electron chi connectivity index (χ3n) is 1.79. The highest BCUT2D eigenvalue weighted by Crippen LogP contribution is 2.38. The Kier molecular flexibility index (Phi) is 6.94. The third kappa shape index (κ3) is 8.51. The molecule has 0 rings (SSSR count). The Morgan fingerprint density at radius 3 is 2.00 bits per heavy atom. The van der Waals surface area contributed by atoms with Gasteiger partial charge in [-0.05, 0) is 20.8 Å². The van der Waals surface area contributed by atoms with Crippen molar-refractivity contribution in [3.63, 3.8) is 0 Å². The molecule has 0 heterocycles. The van der Waals surface area contributed by atoms with E-state index in [-0.39, 0.29) is 12.4 Å². The third-order valence-corrected chi connectivity index (χ3v) is 2.61. The van der Waals surface area contributed by atoms with Gasteiger partial charge in [-0.25, -0.2) is 9.59 Å². The molecular weight excluding hydrogens is 275 g/mol. The fourth-order valence-electron chi connectivity index (χ4n) is 1.03. The molecule has 2 atom stereocenters. The highest BCUT2D eigenvalue weighted by molar-refractivity contribution is 7.57. The van der Waals surface area contributed by atoms with Gasteiger partial charge in [0.2, 0.25) is 0 Å². The summed E-state index contributed by atoms with van der Waals surface area (Å²) >= 11 is 0. The molecule has 0 fully saturated rings. The van der Waals surface area contributed by atoms with E-state index in [9.17, 15) is 18.9 Å². The van der Waals surface area contributed by atoms with Crippen molar-refractivity contribution in [3.8, 4) is 0 Å². The highest BCUT2D eigenvalue weighted by Gasteiger charge is 2.26. The zero-order valence-corrected chi connectivity index (χ0v) is 12.6. The smallest absolute Gasteiger partial charge is 0.347 e. The number of hydrogen-bond donors (Lipinski definition) is 0. The normalized spacial score (nSPS) is 14.4. The Labute approximate surface area is 112 Å². The van der Waals surface area contributed by atoms with Gasteiger partial charge in [0, 0.05) is 13.3 Å². The van der Waals surface area contributed by atoms with E-state index in [4.69, 9.17) is 9.26 Å². The first-order valence-electron chi connectivity index (χ1n) is 5.63. The summed E-state index contributed by atoms with van der Waals surface area (Å²) in [5, 5.41) is 0. The number of carbonyl (C=O) groups is 3. The molecule has 0 saturated carbocycles. The minimum atomic E-state index is -2.83. The molecule has 7 nitrogen and oxygen atoms in total. The largest absolute Gasteiger partial charge is 0.455 e. The second kappa shape index (κ2) is 7.40. The molecule has 19 heavy (non-hydrogen) atoms. The highest BCUT2D eigenvalue weighted by atomic mass is 31.2. The molecule has 0 N–H and O–H groups in total. The van der Waals surface area contributed by atoms with Gasteiger partial charge < -0.3 is 14.0 Å². The average molecular weight is 294 g/mol. The van der Waals surface area contributed by atoms with Gasteiger partial charge in [0.25, 0.3) is 0 Å². The number of ketones is 1. The topological polar surface area (TPSA) is 96.0 Å². The van der Waals surface area contributed by atoms with E-state index >= 15 is 0 Å². The zero-order chi connectivity index (χ0) is 15.2. The Morgan fingerprint density at radius 1 is 1.05 bits per heavy atom. The van der Waals surface area contributed by atoms with E-state index in [1.807, 2.05) is 0 Å². The summed E-state index contributed by atoms with van der Waals surface area (Å²) in [6, 6.07) is 0. The van der Waals surface area contributed by atoms with Gasteiger partial charge in [0.1, 0.15) is 6.61 Å². The van der Waals surface area contributed by atoms with E-state index in [2.05, 4.69) is 4.74 Å². The minimum Gasteiger partial charge on any atom is -0.455 e. The summed E-state index contributed by atoms with van der Waals surface area (Å²) in [7, 11) is -2.83. The van der Waals surface area contributed by atoms with Gasteiger partial charge in [0.15, 0.2) is 25.4 Å². The quantitative estimate of drug-likeness (QED) is 0.510. The maximum Gasteiger partial charge on any atom is 0.347 e. The summed E-state index contributed by atoms with van der Waals surface area (Å²) in [5.41, 5.74) is 0.